The Kier molecular flexibility index (Phi) is 3.23. The molecule has 7 heteroatoms. The molecule has 0 unspecified atom stereocenters. The van der Waals surface area contributed by atoms with Gasteiger partial charge < -0.3 is 10.1 Å². The lowest BCUT2D eigenvalue weighted by Gasteiger charge is -2.27. The predicted molar refractivity (Wildman–Crippen MR) is 75.4 cm³/mol. The van der Waals surface area contributed by atoms with E-state index in [4.69, 9.17) is 16.3 Å². The molecule has 0 aliphatic carbocycles. The van der Waals surface area contributed by atoms with Crippen molar-refractivity contribution in [3.8, 4) is 5.75 Å². The van der Waals surface area contributed by atoms with Crippen molar-refractivity contribution in [1.82, 2.24) is 5.32 Å². The van der Waals surface area contributed by atoms with Crippen LogP contribution in [0.2, 0.25) is 5.02 Å². The van der Waals surface area contributed by atoms with Crippen molar-refractivity contribution in [3.05, 3.63) is 68.7 Å². The van der Waals surface area contributed by atoms with Crippen molar-refractivity contribution < 1.29 is 14.5 Å². The Labute approximate surface area is 124 Å². The second-order valence-corrected chi connectivity index (χ2v) is 4.84. The molecule has 1 heterocycles. The second-order valence-electron chi connectivity index (χ2n) is 4.43. The van der Waals surface area contributed by atoms with E-state index in [-0.39, 0.29) is 16.6 Å². The first-order valence-corrected chi connectivity index (χ1v) is 6.44. The van der Waals surface area contributed by atoms with Gasteiger partial charge in [0.05, 0.1) is 10.5 Å². The number of hydrogen-bond donors (Lipinski definition) is 1. The molecule has 1 amide bonds. The number of halogens is 1. The molecule has 0 saturated heterocycles. The Hall–Kier alpha value is -2.60. The monoisotopic (exact) mass is 304 g/mol. The Balaban J connectivity index is 2.01. The fourth-order valence-electron chi connectivity index (χ4n) is 2.10. The number of hydrogen-bond acceptors (Lipinski definition) is 4. The minimum Gasteiger partial charge on any atom is -0.465 e. The van der Waals surface area contributed by atoms with Crippen LogP contribution in [-0.2, 0) is 0 Å². The lowest BCUT2D eigenvalue weighted by Crippen LogP contribution is -2.36. The summed E-state index contributed by atoms with van der Waals surface area (Å²) in [6.45, 7) is 0. The zero-order valence-corrected chi connectivity index (χ0v) is 11.3. The summed E-state index contributed by atoms with van der Waals surface area (Å²) in [5.74, 6) is 0.0956. The summed E-state index contributed by atoms with van der Waals surface area (Å²) < 4.78 is 5.66. The van der Waals surface area contributed by atoms with E-state index in [1.807, 2.05) is 0 Å². The minimum absolute atomic E-state index is 0.119. The summed E-state index contributed by atoms with van der Waals surface area (Å²) in [5, 5.41) is 13.8. The first-order chi connectivity index (χ1) is 10.1. The number of benzene rings is 2. The molecule has 2 aromatic carbocycles. The number of nitrogens with one attached hydrogen (secondary N) is 1. The van der Waals surface area contributed by atoms with Gasteiger partial charge in [-0.3, -0.25) is 14.9 Å². The fourth-order valence-corrected chi connectivity index (χ4v) is 2.31. The van der Waals surface area contributed by atoms with Gasteiger partial charge in [-0.25, -0.2) is 0 Å². The van der Waals surface area contributed by atoms with Crippen LogP contribution in [0.5, 0.6) is 5.75 Å². The van der Waals surface area contributed by atoms with E-state index in [0.29, 0.717) is 16.9 Å². The minimum atomic E-state index is -0.861. The van der Waals surface area contributed by atoms with Crippen LogP contribution in [0.3, 0.4) is 0 Å². The molecule has 0 bridgehead atoms. The molecule has 6 nitrogen and oxygen atoms in total. The maximum absolute atomic E-state index is 12.0. The summed E-state index contributed by atoms with van der Waals surface area (Å²) in [5.41, 5.74) is 0.634. The van der Waals surface area contributed by atoms with Crippen LogP contribution in [0, 0.1) is 10.1 Å². The number of rotatable bonds is 2. The standard InChI is InChI=1S/C14H9ClN2O4/c15-11-6-5-8(17(19)20)7-10(11)14-16-13(18)9-3-1-2-4-12(9)21-14/h1-7,14H,(H,16,18)/t14-/m1/s1. The topological polar surface area (TPSA) is 81.5 Å². The van der Waals surface area contributed by atoms with Gasteiger partial charge in [-0.1, -0.05) is 23.7 Å². The van der Waals surface area contributed by atoms with E-state index in [1.54, 1.807) is 24.3 Å². The van der Waals surface area contributed by atoms with E-state index in [1.165, 1.54) is 18.2 Å². The average Bonchev–Trinajstić information content (AvgIpc) is 2.47. The van der Waals surface area contributed by atoms with Crippen LogP contribution < -0.4 is 10.1 Å². The van der Waals surface area contributed by atoms with Gasteiger partial charge >= 0.3 is 0 Å². The first-order valence-electron chi connectivity index (χ1n) is 6.06. The number of carbonyl (C=O) groups is 1. The summed E-state index contributed by atoms with van der Waals surface area (Å²) in [6.07, 6.45) is -0.861. The zero-order valence-electron chi connectivity index (χ0n) is 10.6. The predicted octanol–water partition coefficient (Wildman–Crippen LogP) is 3.07. The SMILES string of the molecule is O=C1N[C@@H](c2cc([N+](=O)[O-])ccc2Cl)Oc2ccccc21. The number of carbonyl (C=O) groups excluding carboxylic acids is 1. The summed E-state index contributed by atoms with van der Waals surface area (Å²) in [6, 6.07) is 10.8. The molecular formula is C14H9ClN2O4. The first kappa shape index (κ1) is 13.4. The molecule has 0 fully saturated rings. The lowest BCUT2D eigenvalue weighted by atomic mass is 10.1. The molecule has 1 aliphatic rings. The number of nitro groups is 1. The number of para-hydroxylation sites is 1. The summed E-state index contributed by atoms with van der Waals surface area (Å²) in [7, 11) is 0. The molecule has 1 atom stereocenters. The molecule has 106 valence electrons. The van der Waals surface area contributed by atoms with Gasteiger partial charge in [0.2, 0.25) is 6.23 Å². The van der Waals surface area contributed by atoms with Gasteiger partial charge in [0.15, 0.2) is 0 Å². The highest BCUT2D eigenvalue weighted by molar-refractivity contribution is 6.31. The van der Waals surface area contributed by atoms with Crippen molar-refractivity contribution in [3.63, 3.8) is 0 Å². The van der Waals surface area contributed by atoms with Crippen LogP contribution in [0.15, 0.2) is 42.5 Å². The number of amides is 1. The second kappa shape index (κ2) is 5.06. The van der Waals surface area contributed by atoms with Crippen LogP contribution in [0.4, 0.5) is 5.69 Å². The van der Waals surface area contributed by atoms with Crippen molar-refractivity contribution >= 4 is 23.2 Å². The van der Waals surface area contributed by atoms with Crippen molar-refractivity contribution in [2.45, 2.75) is 6.23 Å². The Morgan fingerprint density at radius 2 is 2.00 bits per heavy atom. The Bertz CT molecular complexity index is 748. The number of ether oxygens (including phenoxy) is 1. The highest BCUT2D eigenvalue weighted by atomic mass is 35.5. The lowest BCUT2D eigenvalue weighted by molar-refractivity contribution is -0.385. The van der Waals surface area contributed by atoms with Crippen molar-refractivity contribution in [1.29, 1.82) is 0 Å². The fraction of sp³-hybridized carbons (Fsp3) is 0.0714. The maximum atomic E-state index is 12.0. The van der Waals surface area contributed by atoms with Crippen LogP contribution in [0.1, 0.15) is 22.1 Å². The van der Waals surface area contributed by atoms with E-state index < -0.39 is 11.2 Å². The molecule has 0 radical (unpaired) electrons. The third-order valence-electron chi connectivity index (χ3n) is 3.11. The summed E-state index contributed by atoms with van der Waals surface area (Å²) in [4.78, 5) is 22.3. The zero-order chi connectivity index (χ0) is 15.0. The normalized spacial score (nSPS) is 16.6. The third kappa shape index (κ3) is 2.41. The Morgan fingerprint density at radius 1 is 1.24 bits per heavy atom. The maximum Gasteiger partial charge on any atom is 0.270 e. The molecule has 0 saturated carbocycles. The van der Waals surface area contributed by atoms with E-state index in [9.17, 15) is 14.9 Å². The number of nitro benzene ring substituents is 1. The molecule has 21 heavy (non-hydrogen) atoms. The van der Waals surface area contributed by atoms with Gasteiger partial charge in [0.25, 0.3) is 11.6 Å². The van der Waals surface area contributed by atoms with Gasteiger partial charge in [0.1, 0.15) is 5.75 Å². The number of fused-ring (bicyclic) bond motifs is 1. The Morgan fingerprint density at radius 3 is 2.76 bits per heavy atom. The molecule has 3 rings (SSSR count). The summed E-state index contributed by atoms with van der Waals surface area (Å²) >= 11 is 6.06. The van der Waals surface area contributed by atoms with Gasteiger partial charge in [0, 0.05) is 22.7 Å². The molecule has 1 N–H and O–H groups in total. The van der Waals surface area contributed by atoms with E-state index in [0.717, 1.165) is 0 Å². The van der Waals surface area contributed by atoms with Gasteiger partial charge in [-0.2, -0.15) is 0 Å². The number of non-ortho nitro benzene ring substituents is 1. The van der Waals surface area contributed by atoms with Gasteiger partial charge in [-0.15, -0.1) is 0 Å². The average molecular weight is 305 g/mol. The van der Waals surface area contributed by atoms with Crippen molar-refractivity contribution in [2.75, 3.05) is 0 Å². The largest absolute Gasteiger partial charge is 0.465 e. The van der Waals surface area contributed by atoms with E-state index >= 15 is 0 Å². The molecular weight excluding hydrogens is 296 g/mol. The molecule has 1 aliphatic heterocycles. The van der Waals surface area contributed by atoms with E-state index in [2.05, 4.69) is 5.32 Å². The van der Waals surface area contributed by atoms with Crippen LogP contribution >= 0.6 is 11.6 Å². The van der Waals surface area contributed by atoms with Crippen LogP contribution in [-0.4, -0.2) is 10.8 Å². The number of nitrogens with zero attached hydrogens (tertiary/aromatic N) is 1. The quantitative estimate of drug-likeness (QED) is 0.683. The highest BCUT2D eigenvalue weighted by Gasteiger charge is 2.28. The molecule has 0 spiro atoms. The molecule has 2 aromatic rings. The highest BCUT2D eigenvalue weighted by Crippen LogP contribution is 2.33. The van der Waals surface area contributed by atoms with Crippen molar-refractivity contribution in [2.24, 2.45) is 0 Å². The third-order valence-corrected chi connectivity index (χ3v) is 3.46. The van der Waals surface area contributed by atoms with Gasteiger partial charge in [-0.05, 0) is 18.2 Å². The van der Waals surface area contributed by atoms with Crippen LogP contribution in [0.25, 0.3) is 0 Å². The smallest absolute Gasteiger partial charge is 0.270 e. The molecule has 0 aromatic heterocycles.